The highest BCUT2D eigenvalue weighted by atomic mass is 32.1. The predicted octanol–water partition coefficient (Wildman–Crippen LogP) is 4.09. The molecule has 0 spiro atoms. The Hall–Kier alpha value is -3.20. The summed E-state index contributed by atoms with van der Waals surface area (Å²) in [6, 6.07) is 12.4. The number of aromatic nitrogens is 2. The molecule has 1 aromatic heterocycles. The number of likely N-dealkylation sites (tertiary alicyclic amines) is 1. The van der Waals surface area contributed by atoms with Crippen LogP contribution in [0.3, 0.4) is 0 Å². The summed E-state index contributed by atoms with van der Waals surface area (Å²) in [6.07, 6.45) is 1.41. The standard InChI is InChI=1S/C21H18F2N4O2S/c22-15-9-4-10-16(23)17(15)21(29)27-11-5-6-13(12-27)19-25-26-20(30-19)18(28)24-14-7-2-1-3-8-14/h1-4,7-10,13H,5-6,11-12H2,(H,24,28). The van der Waals surface area contributed by atoms with Gasteiger partial charge in [-0.2, -0.15) is 0 Å². The number of amides is 2. The van der Waals surface area contributed by atoms with Crippen LogP contribution in [0.25, 0.3) is 0 Å². The minimum atomic E-state index is -0.877. The van der Waals surface area contributed by atoms with Crippen LogP contribution < -0.4 is 5.32 Å². The maximum Gasteiger partial charge on any atom is 0.286 e. The summed E-state index contributed by atoms with van der Waals surface area (Å²) >= 11 is 1.16. The summed E-state index contributed by atoms with van der Waals surface area (Å²) < 4.78 is 28.0. The molecule has 1 aliphatic rings. The molecule has 1 N–H and O–H groups in total. The third-order valence-electron chi connectivity index (χ3n) is 4.90. The molecule has 2 aromatic carbocycles. The lowest BCUT2D eigenvalue weighted by molar-refractivity contribution is 0.0696. The van der Waals surface area contributed by atoms with Crippen molar-refractivity contribution in [1.82, 2.24) is 15.1 Å². The average molecular weight is 428 g/mol. The zero-order valence-corrected chi connectivity index (χ0v) is 16.7. The fraction of sp³-hybridized carbons (Fsp3) is 0.238. The van der Waals surface area contributed by atoms with Crippen molar-refractivity contribution in [3.8, 4) is 0 Å². The van der Waals surface area contributed by atoms with Crippen molar-refractivity contribution in [2.24, 2.45) is 0 Å². The van der Waals surface area contributed by atoms with Crippen LogP contribution in [-0.4, -0.2) is 40.0 Å². The summed E-state index contributed by atoms with van der Waals surface area (Å²) in [7, 11) is 0. The molecule has 0 aliphatic carbocycles. The first-order valence-electron chi connectivity index (χ1n) is 9.46. The van der Waals surface area contributed by atoms with Gasteiger partial charge >= 0.3 is 0 Å². The molecule has 2 amide bonds. The van der Waals surface area contributed by atoms with Gasteiger partial charge < -0.3 is 10.2 Å². The minimum absolute atomic E-state index is 0.145. The Bertz CT molecular complexity index is 1050. The van der Waals surface area contributed by atoms with Gasteiger partial charge in [0.05, 0.1) is 0 Å². The summed E-state index contributed by atoms with van der Waals surface area (Å²) in [4.78, 5) is 26.5. The van der Waals surface area contributed by atoms with Crippen molar-refractivity contribution in [3.63, 3.8) is 0 Å². The van der Waals surface area contributed by atoms with Gasteiger partial charge in [0.25, 0.3) is 11.8 Å². The molecule has 30 heavy (non-hydrogen) atoms. The molecule has 1 aliphatic heterocycles. The number of piperidine rings is 1. The highest BCUT2D eigenvalue weighted by molar-refractivity contribution is 7.13. The molecule has 2 heterocycles. The lowest BCUT2D eigenvalue weighted by atomic mass is 9.98. The summed E-state index contributed by atoms with van der Waals surface area (Å²) in [5.74, 6) is -2.94. The van der Waals surface area contributed by atoms with Crippen molar-refractivity contribution in [2.75, 3.05) is 18.4 Å². The summed E-state index contributed by atoms with van der Waals surface area (Å²) in [6.45, 7) is 0.671. The molecule has 1 fully saturated rings. The number of hydrogen-bond donors (Lipinski definition) is 1. The Morgan fingerprint density at radius 1 is 1.03 bits per heavy atom. The van der Waals surface area contributed by atoms with Crippen molar-refractivity contribution in [2.45, 2.75) is 18.8 Å². The molecule has 4 rings (SSSR count). The molecule has 1 unspecified atom stereocenters. The highest BCUT2D eigenvalue weighted by Gasteiger charge is 2.30. The summed E-state index contributed by atoms with van der Waals surface area (Å²) in [5, 5.41) is 11.7. The summed E-state index contributed by atoms with van der Waals surface area (Å²) in [5.41, 5.74) is 0.110. The van der Waals surface area contributed by atoms with Crippen LogP contribution in [0.1, 0.15) is 43.9 Å². The number of hydrogen-bond acceptors (Lipinski definition) is 5. The Kier molecular flexibility index (Phi) is 5.80. The van der Waals surface area contributed by atoms with Gasteiger partial charge in [-0.05, 0) is 37.1 Å². The SMILES string of the molecule is O=C(Nc1ccccc1)c1nnc(C2CCCN(C(=O)c3c(F)cccc3F)C2)s1. The minimum Gasteiger partial charge on any atom is -0.338 e. The van der Waals surface area contributed by atoms with E-state index >= 15 is 0 Å². The first kappa shape index (κ1) is 20.1. The number of carbonyl (C=O) groups is 2. The first-order chi connectivity index (χ1) is 14.5. The van der Waals surface area contributed by atoms with Gasteiger partial charge in [-0.25, -0.2) is 8.78 Å². The van der Waals surface area contributed by atoms with Crippen LogP contribution >= 0.6 is 11.3 Å². The number of nitrogens with one attached hydrogen (secondary N) is 1. The third kappa shape index (κ3) is 4.20. The second kappa shape index (κ2) is 8.66. The third-order valence-corrected chi connectivity index (χ3v) is 5.99. The van der Waals surface area contributed by atoms with E-state index in [1.54, 1.807) is 12.1 Å². The highest BCUT2D eigenvalue weighted by Crippen LogP contribution is 2.30. The number of nitrogens with zero attached hydrogens (tertiary/aromatic N) is 3. The molecule has 0 radical (unpaired) electrons. The van der Waals surface area contributed by atoms with Crippen molar-refractivity contribution in [3.05, 3.63) is 75.7 Å². The second-order valence-electron chi connectivity index (χ2n) is 6.95. The van der Waals surface area contributed by atoms with Gasteiger partial charge in [-0.15, -0.1) is 10.2 Å². The van der Waals surface area contributed by atoms with Crippen molar-refractivity contribution < 1.29 is 18.4 Å². The first-order valence-corrected chi connectivity index (χ1v) is 10.3. The van der Waals surface area contributed by atoms with Gasteiger partial charge in [-0.3, -0.25) is 9.59 Å². The molecule has 1 saturated heterocycles. The van der Waals surface area contributed by atoms with Crippen LogP contribution in [0.2, 0.25) is 0 Å². The quantitative estimate of drug-likeness (QED) is 0.679. The Morgan fingerprint density at radius 2 is 1.77 bits per heavy atom. The molecule has 0 saturated carbocycles. The van der Waals surface area contributed by atoms with Crippen LogP contribution in [0.5, 0.6) is 0 Å². The number of anilines is 1. The van der Waals surface area contributed by atoms with E-state index in [1.807, 2.05) is 18.2 Å². The predicted molar refractivity (Wildman–Crippen MR) is 109 cm³/mol. The lowest BCUT2D eigenvalue weighted by Crippen LogP contribution is -2.39. The Morgan fingerprint density at radius 3 is 2.50 bits per heavy atom. The zero-order valence-electron chi connectivity index (χ0n) is 15.8. The molecule has 9 heteroatoms. The fourth-order valence-electron chi connectivity index (χ4n) is 3.42. The maximum absolute atomic E-state index is 14.0. The van der Waals surface area contributed by atoms with Crippen LogP contribution in [-0.2, 0) is 0 Å². The van der Waals surface area contributed by atoms with Gasteiger partial charge in [0.15, 0.2) is 0 Å². The topological polar surface area (TPSA) is 75.2 Å². The normalized spacial score (nSPS) is 16.3. The van der Waals surface area contributed by atoms with Gasteiger partial charge in [0.1, 0.15) is 22.2 Å². The van der Waals surface area contributed by atoms with E-state index in [0.29, 0.717) is 23.7 Å². The van der Waals surface area contributed by atoms with E-state index in [0.717, 1.165) is 29.9 Å². The van der Waals surface area contributed by atoms with E-state index in [1.165, 1.54) is 11.0 Å². The number of para-hydroxylation sites is 1. The molecule has 1 atom stereocenters. The fourth-order valence-corrected chi connectivity index (χ4v) is 4.28. The van der Waals surface area contributed by atoms with E-state index in [2.05, 4.69) is 15.5 Å². The van der Waals surface area contributed by atoms with Crippen molar-refractivity contribution >= 4 is 28.8 Å². The number of halogens is 2. The number of benzene rings is 2. The molecular formula is C21H18F2N4O2S. The maximum atomic E-state index is 14.0. The van der Waals surface area contributed by atoms with Crippen LogP contribution in [0.15, 0.2) is 48.5 Å². The van der Waals surface area contributed by atoms with E-state index in [-0.39, 0.29) is 23.4 Å². The molecule has 154 valence electrons. The van der Waals surface area contributed by atoms with Crippen LogP contribution in [0, 0.1) is 11.6 Å². The van der Waals surface area contributed by atoms with Gasteiger partial charge in [0.2, 0.25) is 5.01 Å². The van der Waals surface area contributed by atoms with E-state index in [4.69, 9.17) is 0 Å². The van der Waals surface area contributed by atoms with Crippen LogP contribution in [0.4, 0.5) is 14.5 Å². The van der Waals surface area contributed by atoms with Crippen molar-refractivity contribution in [1.29, 1.82) is 0 Å². The van der Waals surface area contributed by atoms with E-state index in [9.17, 15) is 18.4 Å². The van der Waals surface area contributed by atoms with E-state index < -0.39 is 23.1 Å². The Balaban J connectivity index is 1.46. The largest absolute Gasteiger partial charge is 0.338 e. The molecule has 0 bridgehead atoms. The van der Waals surface area contributed by atoms with Gasteiger partial charge in [-0.1, -0.05) is 35.6 Å². The smallest absolute Gasteiger partial charge is 0.286 e. The zero-order chi connectivity index (χ0) is 21.1. The second-order valence-corrected chi connectivity index (χ2v) is 7.96. The monoisotopic (exact) mass is 428 g/mol. The lowest BCUT2D eigenvalue weighted by Gasteiger charge is -2.31. The number of carbonyl (C=O) groups excluding carboxylic acids is 2. The van der Waals surface area contributed by atoms with Gasteiger partial charge in [0, 0.05) is 24.7 Å². The molecule has 3 aromatic rings. The average Bonchev–Trinajstić information content (AvgIpc) is 3.25. The number of rotatable bonds is 4. The Labute approximate surface area is 175 Å². The molecular weight excluding hydrogens is 410 g/mol. The molecule has 6 nitrogen and oxygen atoms in total.